The molecule has 0 saturated heterocycles. The van der Waals surface area contributed by atoms with Crippen LogP contribution in [0.1, 0.15) is 24.8 Å². The molecule has 4 heteroatoms. The third-order valence-electron chi connectivity index (χ3n) is 2.85. The molecule has 1 atom stereocenters. The van der Waals surface area contributed by atoms with Crippen LogP contribution in [-0.2, 0) is 0 Å². The molecule has 0 aliphatic heterocycles. The van der Waals surface area contributed by atoms with Gasteiger partial charge in [-0.05, 0) is 49.0 Å². The fraction of sp³-hybridized carbons (Fsp3) is 0.500. The van der Waals surface area contributed by atoms with Gasteiger partial charge in [0.2, 0.25) is 0 Å². The van der Waals surface area contributed by atoms with E-state index in [2.05, 4.69) is 6.92 Å². The van der Waals surface area contributed by atoms with Crippen LogP contribution in [0.2, 0.25) is 10.0 Å². The van der Waals surface area contributed by atoms with Crippen LogP contribution in [0.3, 0.4) is 0 Å². The van der Waals surface area contributed by atoms with E-state index >= 15 is 0 Å². The molecule has 0 aliphatic rings. The largest absolute Gasteiger partial charge is 0.330 e. The van der Waals surface area contributed by atoms with Gasteiger partial charge in [-0.15, -0.1) is 0 Å². The zero-order chi connectivity index (χ0) is 12.1. The summed E-state index contributed by atoms with van der Waals surface area (Å²) in [7, 11) is 0. The fourth-order valence-electron chi connectivity index (χ4n) is 1.89. The molecule has 90 valence electrons. The van der Waals surface area contributed by atoms with Crippen LogP contribution in [0.15, 0.2) is 18.2 Å². The predicted octanol–water partition coefficient (Wildman–Crippen LogP) is 3.02. The maximum atomic E-state index is 6.15. The van der Waals surface area contributed by atoms with Crippen LogP contribution in [0, 0.1) is 5.92 Å². The molecule has 4 N–H and O–H groups in total. The van der Waals surface area contributed by atoms with Crippen LogP contribution in [-0.4, -0.2) is 13.1 Å². The maximum absolute atomic E-state index is 6.15. The summed E-state index contributed by atoms with van der Waals surface area (Å²) in [6.45, 7) is 3.30. The second kappa shape index (κ2) is 6.45. The number of halogens is 2. The van der Waals surface area contributed by atoms with Gasteiger partial charge in [0.05, 0.1) is 0 Å². The van der Waals surface area contributed by atoms with Gasteiger partial charge in [0.15, 0.2) is 0 Å². The first-order chi connectivity index (χ1) is 7.60. The second-order valence-corrected chi connectivity index (χ2v) is 4.92. The molecule has 1 aromatic rings. The highest BCUT2D eigenvalue weighted by atomic mass is 35.5. The Hall–Kier alpha value is -0.280. The molecule has 0 bridgehead atoms. The summed E-state index contributed by atoms with van der Waals surface area (Å²) >= 11 is 12.3. The highest BCUT2D eigenvalue weighted by Crippen LogP contribution is 2.34. The summed E-state index contributed by atoms with van der Waals surface area (Å²) in [6, 6.07) is 5.57. The lowest BCUT2D eigenvalue weighted by Crippen LogP contribution is -2.24. The van der Waals surface area contributed by atoms with Crippen LogP contribution < -0.4 is 11.5 Å². The zero-order valence-corrected chi connectivity index (χ0v) is 10.9. The van der Waals surface area contributed by atoms with Gasteiger partial charge >= 0.3 is 0 Å². The van der Waals surface area contributed by atoms with Gasteiger partial charge in [0.1, 0.15) is 0 Å². The molecule has 0 aromatic heterocycles. The van der Waals surface area contributed by atoms with E-state index in [9.17, 15) is 0 Å². The minimum Gasteiger partial charge on any atom is -0.330 e. The van der Waals surface area contributed by atoms with Crippen molar-refractivity contribution in [3.05, 3.63) is 33.8 Å². The molecule has 0 heterocycles. The van der Waals surface area contributed by atoms with Gasteiger partial charge in [-0.3, -0.25) is 0 Å². The molecule has 0 fully saturated rings. The average molecular weight is 261 g/mol. The number of benzene rings is 1. The van der Waals surface area contributed by atoms with Crippen molar-refractivity contribution in [2.24, 2.45) is 17.4 Å². The topological polar surface area (TPSA) is 52.0 Å². The summed E-state index contributed by atoms with van der Waals surface area (Å²) in [5.41, 5.74) is 12.3. The van der Waals surface area contributed by atoms with Crippen molar-refractivity contribution in [3.8, 4) is 0 Å². The van der Waals surface area contributed by atoms with E-state index in [1.807, 2.05) is 18.2 Å². The van der Waals surface area contributed by atoms with E-state index in [0.29, 0.717) is 29.1 Å². The first-order valence-electron chi connectivity index (χ1n) is 5.44. The number of rotatable bonds is 5. The molecule has 1 unspecified atom stereocenters. The normalized spacial score (nSPS) is 13.1. The van der Waals surface area contributed by atoms with Gasteiger partial charge in [-0.1, -0.05) is 36.2 Å². The SMILES string of the molecule is CC(CC(CN)CN)c1c(Cl)cccc1Cl. The van der Waals surface area contributed by atoms with Gasteiger partial charge in [-0.25, -0.2) is 0 Å². The molecular formula is C12H18Cl2N2. The molecule has 2 nitrogen and oxygen atoms in total. The Morgan fingerprint density at radius 1 is 1.12 bits per heavy atom. The van der Waals surface area contributed by atoms with Crippen molar-refractivity contribution >= 4 is 23.2 Å². The molecule has 0 aliphatic carbocycles. The van der Waals surface area contributed by atoms with Crippen LogP contribution in [0.25, 0.3) is 0 Å². The standard InChI is InChI=1S/C12H18Cl2N2/c1-8(5-9(6-15)7-16)12-10(13)3-2-4-11(12)14/h2-4,8-9H,5-7,15-16H2,1H3. The summed E-state index contributed by atoms with van der Waals surface area (Å²) in [5, 5.41) is 1.43. The number of hydrogen-bond donors (Lipinski definition) is 2. The molecule has 0 saturated carbocycles. The number of nitrogens with two attached hydrogens (primary N) is 2. The van der Waals surface area contributed by atoms with Crippen molar-refractivity contribution < 1.29 is 0 Å². The summed E-state index contributed by atoms with van der Waals surface area (Å²) in [6.07, 6.45) is 0.913. The van der Waals surface area contributed by atoms with Crippen molar-refractivity contribution in [2.75, 3.05) is 13.1 Å². The minimum atomic E-state index is 0.276. The second-order valence-electron chi connectivity index (χ2n) is 4.11. The Balaban J connectivity index is 2.83. The molecule has 1 rings (SSSR count). The minimum absolute atomic E-state index is 0.276. The van der Waals surface area contributed by atoms with E-state index in [1.165, 1.54) is 0 Å². The number of hydrogen-bond acceptors (Lipinski definition) is 2. The molecular weight excluding hydrogens is 243 g/mol. The van der Waals surface area contributed by atoms with E-state index < -0.39 is 0 Å². The Kier molecular flexibility index (Phi) is 5.56. The van der Waals surface area contributed by atoms with E-state index in [4.69, 9.17) is 34.7 Å². The van der Waals surface area contributed by atoms with Crippen molar-refractivity contribution in [3.63, 3.8) is 0 Å². The van der Waals surface area contributed by atoms with E-state index in [0.717, 1.165) is 12.0 Å². The summed E-state index contributed by atoms with van der Waals surface area (Å²) < 4.78 is 0. The van der Waals surface area contributed by atoms with E-state index in [-0.39, 0.29) is 5.92 Å². The predicted molar refractivity (Wildman–Crippen MR) is 71.1 cm³/mol. The lowest BCUT2D eigenvalue weighted by atomic mass is 9.90. The van der Waals surface area contributed by atoms with Gasteiger partial charge in [0, 0.05) is 10.0 Å². The average Bonchev–Trinajstić information content (AvgIpc) is 2.25. The zero-order valence-electron chi connectivity index (χ0n) is 9.42. The molecule has 16 heavy (non-hydrogen) atoms. The van der Waals surface area contributed by atoms with Crippen LogP contribution >= 0.6 is 23.2 Å². The monoisotopic (exact) mass is 260 g/mol. The van der Waals surface area contributed by atoms with E-state index in [1.54, 1.807) is 0 Å². The third kappa shape index (κ3) is 3.36. The molecule has 1 aromatic carbocycles. The smallest absolute Gasteiger partial charge is 0.0455 e. The lowest BCUT2D eigenvalue weighted by molar-refractivity contribution is 0.465. The van der Waals surface area contributed by atoms with Gasteiger partial charge in [0.25, 0.3) is 0 Å². The third-order valence-corrected chi connectivity index (χ3v) is 3.51. The van der Waals surface area contributed by atoms with Gasteiger partial charge < -0.3 is 11.5 Å². The summed E-state index contributed by atoms with van der Waals surface area (Å²) in [5.74, 6) is 0.598. The Morgan fingerprint density at radius 3 is 2.06 bits per heavy atom. The Morgan fingerprint density at radius 2 is 1.62 bits per heavy atom. The van der Waals surface area contributed by atoms with Crippen LogP contribution in [0.4, 0.5) is 0 Å². The molecule has 0 radical (unpaired) electrons. The summed E-state index contributed by atoms with van der Waals surface area (Å²) in [4.78, 5) is 0. The quantitative estimate of drug-likeness (QED) is 0.856. The maximum Gasteiger partial charge on any atom is 0.0455 e. The van der Waals surface area contributed by atoms with Crippen LogP contribution in [0.5, 0.6) is 0 Å². The Bertz CT molecular complexity index is 318. The highest BCUT2D eigenvalue weighted by Gasteiger charge is 2.17. The van der Waals surface area contributed by atoms with Crippen molar-refractivity contribution in [1.29, 1.82) is 0 Å². The Labute approximate surface area is 107 Å². The van der Waals surface area contributed by atoms with Crippen molar-refractivity contribution in [1.82, 2.24) is 0 Å². The van der Waals surface area contributed by atoms with Gasteiger partial charge in [-0.2, -0.15) is 0 Å². The molecule has 0 amide bonds. The van der Waals surface area contributed by atoms with Crippen molar-refractivity contribution in [2.45, 2.75) is 19.3 Å². The fourth-order valence-corrected chi connectivity index (χ4v) is 2.66. The lowest BCUT2D eigenvalue weighted by Gasteiger charge is -2.20. The highest BCUT2D eigenvalue weighted by molar-refractivity contribution is 6.36. The molecule has 0 spiro atoms. The first-order valence-corrected chi connectivity index (χ1v) is 6.19. The first kappa shape index (κ1) is 13.8.